The number of fused-ring (bicyclic) bond motifs is 5. The Morgan fingerprint density at radius 3 is 1.00 bits per heavy atom. The molecule has 2 aromatic heterocycles. The number of hydrogen-bond acceptors (Lipinski definition) is 6. The molecule has 4 aromatic rings. The minimum absolute atomic E-state index is 0.315. The summed E-state index contributed by atoms with van der Waals surface area (Å²) in [6, 6.07) is 8.68. The first-order valence-corrected chi connectivity index (χ1v) is 22.3. The topological polar surface area (TPSA) is 52.6 Å². The van der Waals surface area contributed by atoms with Gasteiger partial charge in [-0.3, -0.25) is 0 Å². The number of methoxy groups -OCH3 is 2. The van der Waals surface area contributed by atoms with Crippen molar-refractivity contribution < 1.29 is 19.1 Å². The van der Waals surface area contributed by atoms with Crippen LogP contribution in [-0.4, -0.2) is 42.3 Å². The number of carbonyl (C=O) groups excluding carboxylic acids is 2. The van der Waals surface area contributed by atoms with Gasteiger partial charge in [0.2, 0.25) is 0 Å². The molecule has 0 unspecified atom stereocenters. The average Bonchev–Trinajstić information content (AvgIpc) is 3.56. The van der Waals surface area contributed by atoms with Crippen molar-refractivity contribution in [2.24, 2.45) is 0 Å². The van der Waals surface area contributed by atoms with E-state index in [1.165, 1.54) is 23.2 Å². The van der Waals surface area contributed by atoms with Crippen LogP contribution in [0.3, 0.4) is 0 Å². The van der Waals surface area contributed by atoms with Crippen LogP contribution in [-0.2, 0) is 9.47 Å². The van der Waals surface area contributed by atoms with Crippen LogP contribution >= 0.6 is 22.7 Å². The lowest BCUT2D eigenvalue weighted by Gasteiger charge is -2.42. The highest BCUT2D eigenvalue weighted by molar-refractivity contribution is 7.34. The molecule has 0 spiro atoms. The summed E-state index contributed by atoms with van der Waals surface area (Å²) in [4.78, 5) is 26.9. The summed E-state index contributed by atoms with van der Waals surface area (Å²) in [5, 5.41) is 3.92. The van der Waals surface area contributed by atoms with Gasteiger partial charge in [-0.15, -0.1) is 22.7 Å². The largest absolute Gasteiger partial charge is 0.465 e. The number of hydrogen-bond donors (Lipinski definition) is 0. The standard InChI is InChI=1S/C36H52O4S2Si2/c1-19(2)43(20(3)4,21(5)6)31-17-27-29(35(37)39-13)16-26-25(33(27)41-31)15-30(36(38)40-14)28-18-32(42-34(26)28)44(22(7)8,23(9)10)24(11)12/h15-24H,1-14H3. The highest BCUT2D eigenvalue weighted by atomic mass is 32.1. The Bertz CT molecular complexity index is 1540. The monoisotopic (exact) mass is 668 g/mol. The van der Waals surface area contributed by atoms with Gasteiger partial charge in [0.15, 0.2) is 0 Å². The van der Waals surface area contributed by atoms with Gasteiger partial charge >= 0.3 is 11.9 Å². The van der Waals surface area contributed by atoms with E-state index in [4.69, 9.17) is 9.47 Å². The molecule has 0 atom stereocenters. The summed E-state index contributed by atoms with van der Waals surface area (Å²) in [6.45, 7) is 28.5. The van der Waals surface area contributed by atoms with Crippen LogP contribution in [0.15, 0.2) is 24.3 Å². The van der Waals surface area contributed by atoms with Crippen LogP contribution < -0.4 is 9.00 Å². The molecule has 0 saturated carbocycles. The van der Waals surface area contributed by atoms with Gasteiger partial charge in [0.1, 0.15) is 16.1 Å². The van der Waals surface area contributed by atoms with Crippen molar-refractivity contribution in [2.45, 2.75) is 116 Å². The third-order valence-corrected chi connectivity index (χ3v) is 29.0. The van der Waals surface area contributed by atoms with Crippen molar-refractivity contribution in [3.8, 4) is 0 Å². The number of esters is 2. The lowest BCUT2D eigenvalue weighted by atomic mass is 9.98. The number of benzene rings is 2. The van der Waals surface area contributed by atoms with Gasteiger partial charge < -0.3 is 9.47 Å². The van der Waals surface area contributed by atoms with Gasteiger partial charge in [0.25, 0.3) is 0 Å². The molecule has 0 aliphatic carbocycles. The minimum Gasteiger partial charge on any atom is -0.465 e. The van der Waals surface area contributed by atoms with Crippen LogP contribution in [0, 0.1) is 0 Å². The molecule has 0 fully saturated rings. The Balaban J connectivity index is 2.27. The summed E-state index contributed by atoms with van der Waals surface area (Å²) >= 11 is 3.68. The molecule has 0 saturated heterocycles. The molecule has 0 aliphatic heterocycles. The Morgan fingerprint density at radius 2 is 0.773 bits per heavy atom. The zero-order chi connectivity index (χ0) is 33.0. The zero-order valence-electron chi connectivity index (χ0n) is 29.2. The van der Waals surface area contributed by atoms with Crippen molar-refractivity contribution in [1.82, 2.24) is 0 Å². The molecule has 4 nitrogen and oxygen atoms in total. The second kappa shape index (κ2) is 12.7. The maximum Gasteiger partial charge on any atom is 0.338 e. The van der Waals surface area contributed by atoms with Gasteiger partial charge in [-0.2, -0.15) is 0 Å². The van der Waals surface area contributed by atoms with E-state index in [0.29, 0.717) is 44.4 Å². The Hall–Kier alpha value is -2.01. The van der Waals surface area contributed by atoms with E-state index in [-0.39, 0.29) is 11.9 Å². The molecule has 2 heterocycles. The average molecular weight is 669 g/mol. The first-order chi connectivity index (χ1) is 20.5. The Morgan fingerprint density at radius 1 is 0.500 bits per heavy atom. The van der Waals surface area contributed by atoms with Crippen molar-refractivity contribution in [2.75, 3.05) is 14.2 Å². The van der Waals surface area contributed by atoms with E-state index in [2.05, 4.69) is 95.2 Å². The summed E-state index contributed by atoms with van der Waals surface area (Å²) in [6.07, 6.45) is 0. The third-order valence-electron chi connectivity index (χ3n) is 10.8. The van der Waals surface area contributed by atoms with Crippen LogP contribution in [0.4, 0.5) is 0 Å². The minimum atomic E-state index is -2.01. The van der Waals surface area contributed by atoms with E-state index >= 15 is 0 Å². The van der Waals surface area contributed by atoms with E-state index in [9.17, 15) is 9.59 Å². The van der Waals surface area contributed by atoms with E-state index in [1.54, 1.807) is 0 Å². The van der Waals surface area contributed by atoms with Gasteiger partial charge in [0, 0.05) is 30.9 Å². The second-order valence-electron chi connectivity index (χ2n) is 14.4. The van der Waals surface area contributed by atoms with Gasteiger partial charge in [-0.1, -0.05) is 83.1 Å². The molecule has 4 rings (SSSR count). The maximum absolute atomic E-state index is 13.5. The highest BCUT2D eigenvalue weighted by Crippen LogP contribution is 2.48. The molecule has 2 aromatic carbocycles. The first-order valence-electron chi connectivity index (χ1n) is 16.2. The smallest absolute Gasteiger partial charge is 0.338 e. The lowest BCUT2D eigenvalue weighted by molar-refractivity contribution is 0.0594. The van der Waals surface area contributed by atoms with Gasteiger partial charge in [-0.25, -0.2) is 9.59 Å². The summed E-state index contributed by atoms with van der Waals surface area (Å²) < 4.78 is 15.8. The van der Waals surface area contributed by atoms with Crippen LogP contribution in [0.25, 0.3) is 30.9 Å². The summed E-state index contributed by atoms with van der Waals surface area (Å²) in [7, 11) is -1.09. The highest BCUT2D eigenvalue weighted by Gasteiger charge is 2.47. The fourth-order valence-corrected chi connectivity index (χ4v) is 29.6. The van der Waals surface area contributed by atoms with Crippen molar-refractivity contribution in [1.29, 1.82) is 0 Å². The summed E-state index contributed by atoms with van der Waals surface area (Å²) in [5.41, 5.74) is 4.40. The van der Waals surface area contributed by atoms with Crippen LogP contribution in [0.5, 0.6) is 0 Å². The lowest BCUT2D eigenvalue weighted by Crippen LogP contribution is -2.54. The zero-order valence-corrected chi connectivity index (χ0v) is 32.9. The van der Waals surface area contributed by atoms with Crippen molar-refractivity contribution in [3.63, 3.8) is 0 Å². The molecule has 0 N–H and O–H groups in total. The number of carbonyl (C=O) groups is 2. The van der Waals surface area contributed by atoms with Crippen molar-refractivity contribution in [3.05, 3.63) is 35.4 Å². The van der Waals surface area contributed by atoms with Gasteiger partial charge in [-0.05, 0) is 66.5 Å². The molecular formula is C36H52O4S2Si2. The third kappa shape index (κ3) is 5.03. The first kappa shape index (κ1) is 34.9. The fourth-order valence-electron chi connectivity index (χ4n) is 9.25. The van der Waals surface area contributed by atoms with Crippen LogP contribution in [0.2, 0.25) is 33.2 Å². The molecule has 240 valence electrons. The van der Waals surface area contributed by atoms with E-state index < -0.39 is 16.1 Å². The number of ether oxygens (including phenoxy) is 2. The van der Waals surface area contributed by atoms with E-state index in [0.717, 1.165) is 30.9 Å². The normalized spacial score (nSPS) is 13.3. The molecule has 8 heteroatoms. The summed E-state index contributed by atoms with van der Waals surface area (Å²) in [5.74, 6) is -0.631. The van der Waals surface area contributed by atoms with Crippen LogP contribution in [0.1, 0.15) is 104 Å². The molecule has 44 heavy (non-hydrogen) atoms. The van der Waals surface area contributed by atoms with Crippen molar-refractivity contribution >= 4 is 90.7 Å². The quantitative estimate of drug-likeness (QED) is 0.125. The molecule has 0 bridgehead atoms. The molecule has 0 amide bonds. The Kier molecular flexibility index (Phi) is 10.0. The maximum atomic E-state index is 13.5. The predicted molar refractivity (Wildman–Crippen MR) is 199 cm³/mol. The SMILES string of the molecule is COC(=O)c1cc2c(cc(C(=O)OC)c3cc([Si](C(C)C)(C(C)C)C(C)C)sc32)c2sc([Si](C(C)C)(C(C)C)C(C)C)cc12. The van der Waals surface area contributed by atoms with Gasteiger partial charge in [0.05, 0.1) is 25.3 Å². The van der Waals surface area contributed by atoms with E-state index in [1.807, 2.05) is 34.8 Å². The Labute approximate surface area is 274 Å². The molecule has 0 aliphatic rings. The molecule has 0 radical (unpaired) electrons. The second-order valence-corrected chi connectivity index (χ2v) is 29.0. The number of thiophene rings is 2. The predicted octanol–water partition coefficient (Wildman–Crippen LogP) is 10.6. The fraction of sp³-hybridized carbons (Fsp3) is 0.556. The molecular weight excluding hydrogens is 617 g/mol. The number of rotatable bonds is 10.